The molecule has 1 N–H and O–H groups in total. The van der Waals surface area contributed by atoms with Gasteiger partial charge in [0.2, 0.25) is 0 Å². The Morgan fingerprint density at radius 3 is 2.50 bits per heavy atom. The van der Waals surface area contributed by atoms with Crippen LogP contribution in [-0.4, -0.2) is 42.9 Å². The van der Waals surface area contributed by atoms with Crippen molar-refractivity contribution in [1.82, 2.24) is 4.90 Å². The van der Waals surface area contributed by atoms with Crippen molar-refractivity contribution in [3.05, 3.63) is 83.4 Å². The van der Waals surface area contributed by atoms with Crippen LogP contribution in [0.25, 0.3) is 11.1 Å². The Hall–Kier alpha value is -3.44. The minimum absolute atomic E-state index is 0.202. The van der Waals surface area contributed by atoms with Gasteiger partial charge in [-0.25, -0.2) is 0 Å². The van der Waals surface area contributed by atoms with Gasteiger partial charge in [0.1, 0.15) is 35.7 Å². The molecule has 0 radical (unpaired) electrons. The fourth-order valence-electron chi connectivity index (χ4n) is 5.62. The largest absolute Gasteiger partial charge is 0.508 e. The van der Waals surface area contributed by atoms with Crippen molar-refractivity contribution in [2.45, 2.75) is 38.2 Å². The molecular formula is C31H33NO4. The molecule has 0 spiro atoms. The van der Waals surface area contributed by atoms with E-state index in [1.807, 2.05) is 36.4 Å². The Bertz CT molecular complexity index is 1240. The van der Waals surface area contributed by atoms with Gasteiger partial charge in [-0.3, -0.25) is 4.90 Å². The number of rotatable bonds is 5. The zero-order chi connectivity index (χ0) is 24.3. The highest BCUT2D eigenvalue weighted by Crippen LogP contribution is 2.51. The van der Waals surface area contributed by atoms with Crippen LogP contribution in [0.2, 0.25) is 0 Å². The summed E-state index contributed by atoms with van der Waals surface area (Å²) in [5.41, 5.74) is 5.50. The van der Waals surface area contributed by atoms with E-state index in [0.29, 0.717) is 19.0 Å². The van der Waals surface area contributed by atoms with E-state index in [0.717, 1.165) is 46.7 Å². The molecule has 3 aliphatic heterocycles. The van der Waals surface area contributed by atoms with Crippen LogP contribution in [0.15, 0.2) is 66.7 Å². The molecule has 3 heterocycles. The van der Waals surface area contributed by atoms with Crippen molar-refractivity contribution in [2.24, 2.45) is 0 Å². The van der Waals surface area contributed by atoms with E-state index >= 15 is 0 Å². The van der Waals surface area contributed by atoms with Crippen LogP contribution in [0.4, 0.5) is 0 Å². The number of para-hydroxylation sites is 1. The maximum absolute atomic E-state index is 10.1. The molecule has 5 heteroatoms. The summed E-state index contributed by atoms with van der Waals surface area (Å²) in [6, 6.07) is 21.9. The molecule has 6 rings (SSSR count). The molecular weight excluding hydrogens is 450 g/mol. The molecule has 0 bridgehead atoms. The van der Waals surface area contributed by atoms with Crippen molar-refractivity contribution in [3.63, 3.8) is 0 Å². The van der Waals surface area contributed by atoms with Gasteiger partial charge in [0.05, 0.1) is 6.61 Å². The summed E-state index contributed by atoms with van der Waals surface area (Å²) in [4.78, 5) is 2.52. The van der Waals surface area contributed by atoms with Crippen LogP contribution < -0.4 is 14.2 Å². The van der Waals surface area contributed by atoms with Gasteiger partial charge >= 0.3 is 0 Å². The fraction of sp³-hybridized carbons (Fsp3) is 0.355. The molecule has 3 aliphatic rings. The van der Waals surface area contributed by atoms with Gasteiger partial charge in [-0.15, -0.1) is 0 Å². The molecule has 186 valence electrons. The Kier molecular flexibility index (Phi) is 6.56. The van der Waals surface area contributed by atoms with E-state index in [2.05, 4.69) is 23.1 Å². The Balaban J connectivity index is 1.27. The highest BCUT2D eigenvalue weighted by Gasteiger charge is 2.33. The van der Waals surface area contributed by atoms with E-state index in [1.54, 1.807) is 12.1 Å². The van der Waals surface area contributed by atoms with E-state index in [9.17, 15) is 5.11 Å². The van der Waals surface area contributed by atoms with E-state index in [4.69, 9.17) is 14.2 Å². The Morgan fingerprint density at radius 1 is 0.861 bits per heavy atom. The average molecular weight is 484 g/mol. The van der Waals surface area contributed by atoms with Gasteiger partial charge in [0.25, 0.3) is 0 Å². The molecule has 3 aromatic carbocycles. The minimum Gasteiger partial charge on any atom is -0.508 e. The normalized spacial score (nSPS) is 19.6. The summed E-state index contributed by atoms with van der Waals surface area (Å²) in [5.74, 6) is 2.67. The monoisotopic (exact) mass is 483 g/mol. The molecule has 3 aromatic rings. The van der Waals surface area contributed by atoms with Crippen molar-refractivity contribution >= 4 is 11.1 Å². The molecule has 1 fully saturated rings. The summed E-state index contributed by atoms with van der Waals surface area (Å²) in [6.07, 6.45) is 5.80. The molecule has 5 nitrogen and oxygen atoms in total. The zero-order valence-corrected chi connectivity index (χ0v) is 20.6. The lowest BCUT2D eigenvalue weighted by Crippen LogP contribution is -2.29. The second-order valence-electron chi connectivity index (χ2n) is 9.84. The summed E-state index contributed by atoms with van der Waals surface area (Å²) < 4.78 is 18.8. The van der Waals surface area contributed by atoms with Crippen LogP contribution in [0.5, 0.6) is 23.0 Å². The van der Waals surface area contributed by atoms with Crippen LogP contribution in [0, 0.1) is 0 Å². The molecule has 0 unspecified atom stereocenters. The van der Waals surface area contributed by atoms with Crippen LogP contribution in [0.3, 0.4) is 0 Å². The predicted octanol–water partition coefficient (Wildman–Crippen LogP) is 6.47. The number of fused-ring (bicyclic) bond motifs is 4. The predicted molar refractivity (Wildman–Crippen MR) is 142 cm³/mol. The third-order valence-electron chi connectivity index (χ3n) is 7.47. The minimum atomic E-state index is -0.272. The number of benzene rings is 3. The number of likely N-dealkylation sites (tertiary alicyclic amines) is 1. The first-order chi connectivity index (χ1) is 17.8. The van der Waals surface area contributed by atoms with Gasteiger partial charge in [-0.05, 0) is 67.4 Å². The third-order valence-corrected chi connectivity index (χ3v) is 7.47. The fourth-order valence-corrected chi connectivity index (χ4v) is 5.62. The van der Waals surface area contributed by atoms with E-state index in [-0.39, 0.29) is 11.9 Å². The lowest BCUT2D eigenvalue weighted by Gasteiger charge is -2.31. The van der Waals surface area contributed by atoms with Crippen LogP contribution in [0.1, 0.15) is 54.9 Å². The van der Waals surface area contributed by atoms with Crippen molar-refractivity contribution in [1.29, 1.82) is 0 Å². The second kappa shape index (κ2) is 10.3. The number of aromatic hydroxyl groups is 1. The average Bonchev–Trinajstić information content (AvgIpc) is 3.28. The van der Waals surface area contributed by atoms with Gasteiger partial charge in [-0.1, -0.05) is 43.2 Å². The smallest absolute Gasteiger partial charge is 0.150 e. The second-order valence-corrected chi connectivity index (χ2v) is 9.84. The summed E-state index contributed by atoms with van der Waals surface area (Å²) >= 11 is 0. The van der Waals surface area contributed by atoms with Crippen LogP contribution in [-0.2, 0) is 0 Å². The molecule has 0 saturated carbocycles. The standard InChI is InChI=1S/C31H33NO4/c33-23-11-14-27-29(21-23)35-19-15-26-25-7-3-4-8-28(25)36-31(30(26)27)22-9-12-24(13-10-22)34-20-18-32-16-5-1-2-6-17-32/h3-4,7-14,21,31,33H,1-2,5-6,15-20H2/t31-/m0/s1. The molecule has 0 aliphatic carbocycles. The number of phenols is 1. The first-order valence-electron chi connectivity index (χ1n) is 13.2. The van der Waals surface area contributed by atoms with Crippen molar-refractivity contribution in [3.8, 4) is 23.0 Å². The number of hydrogen-bond acceptors (Lipinski definition) is 5. The first-order valence-corrected chi connectivity index (χ1v) is 13.2. The van der Waals surface area contributed by atoms with E-state index < -0.39 is 0 Å². The molecule has 36 heavy (non-hydrogen) atoms. The van der Waals surface area contributed by atoms with Crippen molar-refractivity contribution < 1.29 is 19.3 Å². The molecule has 1 saturated heterocycles. The van der Waals surface area contributed by atoms with Crippen molar-refractivity contribution in [2.75, 3.05) is 32.8 Å². The molecule has 1 atom stereocenters. The lowest BCUT2D eigenvalue weighted by molar-refractivity contribution is 0.214. The van der Waals surface area contributed by atoms with Gasteiger partial charge in [-0.2, -0.15) is 0 Å². The SMILES string of the molecule is Oc1ccc2c(c1)OCCC1=C2[C@H](c2ccc(OCCN3CCCCCC3)cc2)Oc2ccccc21. The first kappa shape index (κ1) is 23.0. The van der Waals surface area contributed by atoms with Gasteiger partial charge in [0.15, 0.2) is 0 Å². The lowest BCUT2D eigenvalue weighted by atomic mass is 9.84. The number of phenolic OH excluding ortho intramolecular Hbond substituents is 1. The van der Waals surface area contributed by atoms with Gasteiger partial charge < -0.3 is 19.3 Å². The summed E-state index contributed by atoms with van der Waals surface area (Å²) in [5, 5.41) is 10.1. The maximum atomic E-state index is 10.1. The van der Waals surface area contributed by atoms with Crippen LogP contribution >= 0.6 is 0 Å². The Labute approximate surface area is 212 Å². The maximum Gasteiger partial charge on any atom is 0.150 e. The number of nitrogens with zero attached hydrogens (tertiary/aromatic N) is 1. The Morgan fingerprint density at radius 2 is 1.67 bits per heavy atom. The molecule has 0 amide bonds. The quantitative estimate of drug-likeness (QED) is 0.450. The topological polar surface area (TPSA) is 51.2 Å². The molecule has 0 aromatic heterocycles. The third kappa shape index (κ3) is 4.68. The zero-order valence-electron chi connectivity index (χ0n) is 20.6. The van der Waals surface area contributed by atoms with E-state index in [1.165, 1.54) is 44.3 Å². The summed E-state index contributed by atoms with van der Waals surface area (Å²) in [7, 11) is 0. The number of hydrogen-bond donors (Lipinski definition) is 1. The highest BCUT2D eigenvalue weighted by atomic mass is 16.5. The summed E-state index contributed by atoms with van der Waals surface area (Å²) in [6.45, 7) is 4.60. The number of ether oxygens (including phenoxy) is 3. The van der Waals surface area contributed by atoms with Gasteiger partial charge in [0, 0.05) is 35.7 Å². The highest BCUT2D eigenvalue weighted by molar-refractivity contribution is 5.98.